The quantitative estimate of drug-likeness (QED) is 0.561. The van der Waals surface area contributed by atoms with Crippen molar-refractivity contribution in [1.29, 1.82) is 0 Å². The molecule has 1 fully saturated rings. The van der Waals surface area contributed by atoms with Crippen LogP contribution in [-0.4, -0.2) is 29.9 Å². The van der Waals surface area contributed by atoms with Gasteiger partial charge in [0.05, 0.1) is 5.60 Å². The second-order valence-electron chi connectivity index (χ2n) is 7.51. The van der Waals surface area contributed by atoms with E-state index in [1.54, 1.807) is 7.11 Å². The molecule has 1 aliphatic heterocycles. The lowest BCUT2D eigenvalue weighted by Gasteiger charge is -2.36. The molecule has 5 nitrogen and oxygen atoms in total. The Bertz CT molecular complexity index is 978. The van der Waals surface area contributed by atoms with E-state index in [1.165, 1.54) is 12.1 Å². The molecule has 158 valence electrons. The molecule has 0 N–H and O–H groups in total. The average molecular weight is 410 g/mol. The highest BCUT2D eigenvalue weighted by molar-refractivity contribution is 5.37. The number of nitrogens with zero attached hydrogens (tertiary/aromatic N) is 2. The first kappa shape index (κ1) is 20.6. The van der Waals surface area contributed by atoms with Gasteiger partial charge in [0.15, 0.2) is 0 Å². The van der Waals surface area contributed by atoms with Crippen molar-refractivity contribution in [2.24, 2.45) is 0 Å². The number of aromatic nitrogens is 2. The summed E-state index contributed by atoms with van der Waals surface area (Å²) in [6.07, 6.45) is 6.03. The van der Waals surface area contributed by atoms with Gasteiger partial charge in [0.2, 0.25) is 0 Å². The molecule has 0 saturated carbocycles. The number of hydrogen-bond donors (Lipinski definition) is 0. The minimum atomic E-state index is -0.526. The van der Waals surface area contributed by atoms with E-state index >= 15 is 0 Å². The Morgan fingerprint density at radius 2 is 1.90 bits per heavy atom. The van der Waals surface area contributed by atoms with E-state index < -0.39 is 5.60 Å². The van der Waals surface area contributed by atoms with Gasteiger partial charge in [0.25, 0.3) is 0 Å². The molecule has 6 heteroatoms. The highest BCUT2D eigenvalue weighted by atomic mass is 19.1. The fourth-order valence-electron chi connectivity index (χ4n) is 3.97. The predicted octanol–water partition coefficient (Wildman–Crippen LogP) is 4.80. The van der Waals surface area contributed by atoms with Crippen molar-refractivity contribution in [3.05, 3.63) is 77.6 Å². The Kier molecular flexibility index (Phi) is 6.16. The van der Waals surface area contributed by atoms with Crippen LogP contribution in [0.15, 0.2) is 54.9 Å². The second-order valence-corrected chi connectivity index (χ2v) is 7.51. The van der Waals surface area contributed by atoms with Crippen molar-refractivity contribution in [1.82, 2.24) is 9.55 Å². The summed E-state index contributed by atoms with van der Waals surface area (Å²) in [4.78, 5) is 4.36. The van der Waals surface area contributed by atoms with Crippen molar-refractivity contribution in [3.8, 4) is 11.4 Å². The fourth-order valence-corrected chi connectivity index (χ4v) is 3.97. The number of rotatable bonds is 7. The number of halogens is 1. The Hall–Kier alpha value is -2.70. The Morgan fingerprint density at radius 1 is 1.13 bits per heavy atom. The second kappa shape index (κ2) is 8.98. The lowest BCUT2D eigenvalue weighted by molar-refractivity contribution is -0.0950. The molecule has 0 spiro atoms. The van der Waals surface area contributed by atoms with Crippen LogP contribution in [0.5, 0.6) is 5.75 Å². The van der Waals surface area contributed by atoms with Crippen molar-refractivity contribution >= 4 is 0 Å². The minimum absolute atomic E-state index is 0.326. The average Bonchev–Trinajstić information content (AvgIpc) is 3.27. The summed E-state index contributed by atoms with van der Waals surface area (Å²) in [5.41, 5.74) is 2.34. The van der Waals surface area contributed by atoms with Crippen LogP contribution in [-0.2, 0) is 28.1 Å². The van der Waals surface area contributed by atoms with Crippen LogP contribution in [0.4, 0.5) is 4.39 Å². The van der Waals surface area contributed by atoms with E-state index in [0.29, 0.717) is 38.4 Å². The van der Waals surface area contributed by atoms with Gasteiger partial charge in [-0.1, -0.05) is 19.1 Å². The van der Waals surface area contributed by atoms with Crippen LogP contribution in [0.1, 0.15) is 36.7 Å². The first-order valence-corrected chi connectivity index (χ1v) is 10.3. The van der Waals surface area contributed by atoms with Crippen LogP contribution >= 0.6 is 0 Å². The molecule has 1 saturated heterocycles. The molecular weight excluding hydrogens is 383 g/mol. The number of methoxy groups -OCH3 is 1. The monoisotopic (exact) mass is 410 g/mol. The van der Waals surface area contributed by atoms with Crippen molar-refractivity contribution in [2.75, 3.05) is 20.3 Å². The topological polar surface area (TPSA) is 45.5 Å². The molecule has 3 aromatic rings. The smallest absolute Gasteiger partial charge is 0.127 e. The third-order valence-corrected chi connectivity index (χ3v) is 5.74. The third kappa shape index (κ3) is 4.25. The summed E-state index contributed by atoms with van der Waals surface area (Å²) in [5.74, 6) is 1.19. The molecule has 1 aromatic heterocycles. The molecule has 0 bridgehead atoms. The molecule has 4 rings (SSSR count). The lowest BCUT2D eigenvalue weighted by atomic mass is 9.86. The molecular formula is C24H27FN2O3. The number of benzene rings is 2. The number of aryl methyl sites for hydroxylation is 1. The maximum absolute atomic E-state index is 14.3. The first-order chi connectivity index (χ1) is 14.6. The van der Waals surface area contributed by atoms with Crippen LogP contribution in [0.2, 0.25) is 0 Å². The Morgan fingerprint density at radius 3 is 2.60 bits per heavy atom. The summed E-state index contributed by atoms with van der Waals surface area (Å²) < 4.78 is 33.6. The molecule has 30 heavy (non-hydrogen) atoms. The van der Waals surface area contributed by atoms with Gasteiger partial charge in [0, 0.05) is 63.7 Å². The summed E-state index contributed by atoms with van der Waals surface area (Å²) >= 11 is 0. The first-order valence-electron chi connectivity index (χ1n) is 10.3. The Labute approximate surface area is 176 Å². The van der Waals surface area contributed by atoms with Crippen LogP contribution in [0.25, 0.3) is 5.69 Å². The highest BCUT2D eigenvalue weighted by Crippen LogP contribution is 2.37. The zero-order chi connectivity index (χ0) is 21.0. The van der Waals surface area contributed by atoms with Gasteiger partial charge in [-0.15, -0.1) is 0 Å². The van der Waals surface area contributed by atoms with Gasteiger partial charge in [-0.3, -0.25) is 0 Å². The number of imidazole rings is 1. The number of ether oxygens (including phenoxy) is 3. The molecule has 0 radical (unpaired) electrons. The summed E-state index contributed by atoms with van der Waals surface area (Å²) in [5, 5.41) is 0. The van der Waals surface area contributed by atoms with E-state index in [1.807, 2.05) is 42.7 Å². The van der Waals surface area contributed by atoms with E-state index in [9.17, 15) is 4.39 Å². The van der Waals surface area contributed by atoms with Gasteiger partial charge in [-0.2, -0.15) is 0 Å². The normalized spacial score (nSPS) is 15.8. The van der Waals surface area contributed by atoms with Gasteiger partial charge >= 0.3 is 0 Å². The van der Waals surface area contributed by atoms with Crippen LogP contribution < -0.4 is 4.74 Å². The van der Waals surface area contributed by atoms with Crippen LogP contribution in [0, 0.1) is 5.82 Å². The van der Waals surface area contributed by atoms with Crippen molar-refractivity contribution < 1.29 is 18.6 Å². The third-order valence-electron chi connectivity index (χ3n) is 5.74. The molecule has 0 amide bonds. The van der Waals surface area contributed by atoms with E-state index in [4.69, 9.17) is 14.2 Å². The molecule has 0 atom stereocenters. The molecule has 2 heterocycles. The maximum Gasteiger partial charge on any atom is 0.127 e. The summed E-state index contributed by atoms with van der Waals surface area (Å²) in [6.45, 7) is 3.65. The van der Waals surface area contributed by atoms with Crippen molar-refractivity contribution in [3.63, 3.8) is 0 Å². The standard InChI is InChI=1S/C24H27FN2O3/c1-3-23-26-10-11-27(23)21-6-4-18(5-7-21)17-30-22-15-19(14-20(25)16-22)24(28-2)8-12-29-13-9-24/h4-7,10-11,14-16H,3,8-9,12-13,17H2,1-2H3. The molecule has 0 aliphatic carbocycles. The van der Waals surface area contributed by atoms with Gasteiger partial charge in [0.1, 0.15) is 24.0 Å². The molecule has 0 unspecified atom stereocenters. The van der Waals surface area contributed by atoms with Gasteiger partial charge in [-0.25, -0.2) is 9.37 Å². The highest BCUT2D eigenvalue weighted by Gasteiger charge is 2.35. The number of hydrogen-bond acceptors (Lipinski definition) is 4. The molecule has 1 aliphatic rings. The maximum atomic E-state index is 14.3. The predicted molar refractivity (Wildman–Crippen MR) is 112 cm³/mol. The fraction of sp³-hybridized carbons (Fsp3) is 0.375. The zero-order valence-electron chi connectivity index (χ0n) is 17.4. The van der Waals surface area contributed by atoms with Crippen molar-refractivity contribution in [2.45, 2.75) is 38.4 Å². The SMILES string of the molecule is CCc1nccn1-c1ccc(COc2cc(F)cc(C3(OC)CCOCC3)c2)cc1. The minimum Gasteiger partial charge on any atom is -0.489 e. The summed E-state index contributed by atoms with van der Waals surface area (Å²) in [6, 6.07) is 12.9. The molecule has 2 aromatic carbocycles. The zero-order valence-corrected chi connectivity index (χ0v) is 17.4. The van der Waals surface area contributed by atoms with E-state index in [-0.39, 0.29) is 5.82 Å². The largest absolute Gasteiger partial charge is 0.489 e. The van der Waals surface area contributed by atoms with Crippen LogP contribution in [0.3, 0.4) is 0 Å². The Balaban J connectivity index is 1.48. The lowest BCUT2D eigenvalue weighted by Crippen LogP contribution is -2.35. The van der Waals surface area contributed by atoms with Gasteiger partial charge < -0.3 is 18.8 Å². The summed E-state index contributed by atoms with van der Waals surface area (Å²) in [7, 11) is 1.67. The van der Waals surface area contributed by atoms with E-state index in [2.05, 4.69) is 16.5 Å². The van der Waals surface area contributed by atoms with Gasteiger partial charge in [-0.05, 0) is 35.4 Å². The van der Waals surface area contributed by atoms with E-state index in [0.717, 1.165) is 29.1 Å².